The van der Waals surface area contributed by atoms with Crippen molar-refractivity contribution in [1.82, 2.24) is 20.4 Å². The number of amides is 1. The Morgan fingerprint density at radius 3 is 2.90 bits per heavy atom. The van der Waals surface area contributed by atoms with Crippen LogP contribution in [0, 0.1) is 0 Å². The molecule has 0 atom stereocenters. The van der Waals surface area contributed by atoms with Crippen LogP contribution in [0.2, 0.25) is 0 Å². The molecule has 2 aromatic heterocycles. The van der Waals surface area contributed by atoms with Crippen molar-refractivity contribution < 1.29 is 18.8 Å². The van der Waals surface area contributed by atoms with Crippen LogP contribution in [0.4, 0.5) is 0 Å². The summed E-state index contributed by atoms with van der Waals surface area (Å²) in [4.78, 5) is 20.5. The van der Waals surface area contributed by atoms with Crippen LogP contribution in [0.25, 0.3) is 11.4 Å². The van der Waals surface area contributed by atoms with Crippen molar-refractivity contribution in [3.8, 4) is 22.9 Å². The second-order valence-corrected chi connectivity index (χ2v) is 6.36. The van der Waals surface area contributed by atoms with Crippen LogP contribution < -0.4 is 14.8 Å². The van der Waals surface area contributed by atoms with Gasteiger partial charge in [0.05, 0.1) is 13.7 Å². The number of hydrogen-bond acceptors (Lipinski definition) is 7. The molecule has 3 aromatic rings. The van der Waals surface area contributed by atoms with E-state index >= 15 is 0 Å². The van der Waals surface area contributed by atoms with Crippen LogP contribution in [-0.4, -0.2) is 34.7 Å². The van der Waals surface area contributed by atoms with Crippen molar-refractivity contribution in [2.24, 2.45) is 0 Å². The Hall–Kier alpha value is -3.42. The van der Waals surface area contributed by atoms with E-state index in [1.165, 1.54) is 0 Å². The average molecular weight is 396 g/mol. The summed E-state index contributed by atoms with van der Waals surface area (Å²) in [6.07, 6.45) is 4.88. The van der Waals surface area contributed by atoms with Crippen LogP contribution in [0.3, 0.4) is 0 Å². The maximum atomic E-state index is 12.2. The van der Waals surface area contributed by atoms with E-state index in [-0.39, 0.29) is 12.3 Å². The van der Waals surface area contributed by atoms with E-state index in [0.29, 0.717) is 42.8 Å². The number of ether oxygens (including phenoxy) is 2. The Bertz CT molecular complexity index is 927. The summed E-state index contributed by atoms with van der Waals surface area (Å²) < 4.78 is 16.2. The lowest BCUT2D eigenvalue weighted by molar-refractivity contribution is -0.121. The molecule has 0 saturated carbocycles. The van der Waals surface area contributed by atoms with Crippen molar-refractivity contribution >= 4 is 5.91 Å². The number of pyridine rings is 1. The molecular formula is C21H24N4O4. The van der Waals surface area contributed by atoms with E-state index in [0.717, 1.165) is 17.5 Å². The quantitative estimate of drug-likeness (QED) is 0.562. The first kappa shape index (κ1) is 20.3. The van der Waals surface area contributed by atoms with Gasteiger partial charge in [-0.05, 0) is 36.2 Å². The van der Waals surface area contributed by atoms with Crippen LogP contribution in [-0.2, 0) is 17.8 Å². The van der Waals surface area contributed by atoms with Gasteiger partial charge in [0, 0.05) is 37.3 Å². The van der Waals surface area contributed by atoms with E-state index in [2.05, 4.69) is 20.4 Å². The second-order valence-electron chi connectivity index (χ2n) is 6.36. The lowest BCUT2D eigenvalue weighted by Gasteiger charge is -2.12. The van der Waals surface area contributed by atoms with Gasteiger partial charge in [0.15, 0.2) is 11.5 Å². The molecule has 1 aromatic carbocycles. The predicted octanol–water partition coefficient (Wildman–Crippen LogP) is 3.18. The molecule has 0 aliphatic heterocycles. The molecule has 0 fully saturated rings. The minimum atomic E-state index is -0.101. The van der Waals surface area contributed by atoms with E-state index in [9.17, 15) is 4.79 Å². The Labute approximate surface area is 169 Å². The zero-order valence-corrected chi connectivity index (χ0v) is 16.6. The third-order valence-electron chi connectivity index (χ3n) is 4.13. The Kier molecular flexibility index (Phi) is 7.16. The minimum absolute atomic E-state index is 0.101. The molecule has 0 radical (unpaired) electrons. The van der Waals surface area contributed by atoms with Gasteiger partial charge in [-0.15, -0.1) is 0 Å². The van der Waals surface area contributed by atoms with Crippen molar-refractivity contribution in [2.45, 2.75) is 32.7 Å². The summed E-state index contributed by atoms with van der Waals surface area (Å²) in [5.41, 5.74) is 1.70. The Morgan fingerprint density at radius 2 is 2.14 bits per heavy atom. The number of aromatic nitrogens is 3. The minimum Gasteiger partial charge on any atom is -0.493 e. The smallest absolute Gasteiger partial charge is 0.227 e. The zero-order valence-electron chi connectivity index (χ0n) is 16.6. The first-order valence-electron chi connectivity index (χ1n) is 9.49. The monoisotopic (exact) mass is 396 g/mol. The Balaban J connectivity index is 1.48. The first-order chi connectivity index (χ1) is 14.2. The molecule has 1 N–H and O–H groups in total. The predicted molar refractivity (Wildman–Crippen MR) is 106 cm³/mol. The highest BCUT2D eigenvalue weighted by atomic mass is 16.5. The molecule has 8 nitrogen and oxygen atoms in total. The molecule has 29 heavy (non-hydrogen) atoms. The van der Waals surface area contributed by atoms with Crippen LogP contribution in [0.15, 0.2) is 47.2 Å². The average Bonchev–Trinajstić information content (AvgIpc) is 3.24. The SMILES string of the molecule is CCCOc1ccc(CNC(=O)CCc2nc(-c3cccnc3)no2)cc1OC. The third kappa shape index (κ3) is 5.78. The molecule has 0 bridgehead atoms. The van der Waals surface area contributed by atoms with Gasteiger partial charge in [0.1, 0.15) is 0 Å². The van der Waals surface area contributed by atoms with Crippen LogP contribution in [0.1, 0.15) is 31.2 Å². The fourth-order valence-corrected chi connectivity index (χ4v) is 2.63. The van der Waals surface area contributed by atoms with E-state index in [1.807, 2.05) is 31.2 Å². The molecule has 0 spiro atoms. The van der Waals surface area contributed by atoms with Gasteiger partial charge in [-0.2, -0.15) is 4.98 Å². The zero-order chi connectivity index (χ0) is 20.5. The largest absolute Gasteiger partial charge is 0.493 e. The standard InChI is InChI=1S/C21H24N4O4/c1-3-11-28-17-7-6-15(12-18(17)27-2)13-23-19(26)8-9-20-24-21(25-29-20)16-5-4-10-22-14-16/h4-7,10,12,14H,3,8-9,11,13H2,1-2H3,(H,23,26). The fourth-order valence-electron chi connectivity index (χ4n) is 2.63. The van der Waals surface area contributed by atoms with Crippen molar-refractivity contribution in [1.29, 1.82) is 0 Å². The number of carbonyl (C=O) groups excluding carboxylic acids is 1. The van der Waals surface area contributed by atoms with Crippen molar-refractivity contribution in [2.75, 3.05) is 13.7 Å². The highest BCUT2D eigenvalue weighted by molar-refractivity contribution is 5.76. The lowest BCUT2D eigenvalue weighted by Crippen LogP contribution is -2.23. The van der Waals surface area contributed by atoms with Gasteiger partial charge in [-0.3, -0.25) is 9.78 Å². The molecule has 8 heteroatoms. The molecule has 152 valence electrons. The number of methoxy groups -OCH3 is 1. The number of carbonyl (C=O) groups is 1. The highest BCUT2D eigenvalue weighted by Crippen LogP contribution is 2.28. The van der Waals surface area contributed by atoms with Crippen LogP contribution in [0.5, 0.6) is 11.5 Å². The number of hydrogen-bond donors (Lipinski definition) is 1. The number of nitrogens with zero attached hydrogens (tertiary/aromatic N) is 3. The molecule has 0 saturated heterocycles. The number of aryl methyl sites for hydroxylation is 1. The molecule has 0 aliphatic rings. The maximum Gasteiger partial charge on any atom is 0.227 e. The number of benzene rings is 1. The molecule has 0 aliphatic carbocycles. The second kappa shape index (κ2) is 10.2. The molecule has 2 heterocycles. The molecule has 0 unspecified atom stereocenters. The first-order valence-corrected chi connectivity index (χ1v) is 9.49. The summed E-state index contributed by atoms with van der Waals surface area (Å²) in [5, 5.41) is 6.81. The van der Waals surface area contributed by atoms with Gasteiger partial charge in [-0.25, -0.2) is 0 Å². The summed E-state index contributed by atoms with van der Waals surface area (Å²) in [6.45, 7) is 3.07. The molecule has 3 rings (SSSR count). The number of rotatable bonds is 10. The molecular weight excluding hydrogens is 372 g/mol. The third-order valence-corrected chi connectivity index (χ3v) is 4.13. The Morgan fingerprint density at radius 1 is 1.24 bits per heavy atom. The van der Waals surface area contributed by atoms with Crippen molar-refractivity contribution in [3.05, 3.63) is 54.2 Å². The summed E-state index contributed by atoms with van der Waals surface area (Å²) >= 11 is 0. The highest BCUT2D eigenvalue weighted by Gasteiger charge is 2.11. The number of nitrogens with one attached hydrogen (secondary N) is 1. The van der Waals surface area contributed by atoms with Crippen molar-refractivity contribution in [3.63, 3.8) is 0 Å². The van der Waals surface area contributed by atoms with Gasteiger partial charge >= 0.3 is 0 Å². The van der Waals surface area contributed by atoms with E-state index in [4.69, 9.17) is 14.0 Å². The van der Waals surface area contributed by atoms with Gasteiger partial charge < -0.3 is 19.3 Å². The lowest BCUT2D eigenvalue weighted by atomic mass is 10.2. The summed E-state index contributed by atoms with van der Waals surface area (Å²) in [5.74, 6) is 2.13. The van der Waals surface area contributed by atoms with E-state index < -0.39 is 0 Å². The molecule has 1 amide bonds. The normalized spacial score (nSPS) is 10.6. The topological polar surface area (TPSA) is 99.4 Å². The fraction of sp³-hybridized carbons (Fsp3) is 0.333. The summed E-state index contributed by atoms with van der Waals surface area (Å²) in [7, 11) is 1.60. The van der Waals surface area contributed by atoms with Gasteiger partial charge in [0.25, 0.3) is 0 Å². The van der Waals surface area contributed by atoms with Gasteiger partial charge in [-0.1, -0.05) is 18.1 Å². The van der Waals surface area contributed by atoms with E-state index in [1.54, 1.807) is 25.6 Å². The van der Waals surface area contributed by atoms with Crippen LogP contribution >= 0.6 is 0 Å². The summed E-state index contributed by atoms with van der Waals surface area (Å²) in [6, 6.07) is 9.28. The maximum absolute atomic E-state index is 12.2. The van der Waals surface area contributed by atoms with Gasteiger partial charge in [0.2, 0.25) is 17.6 Å².